The number of hydrogen-bond donors (Lipinski definition) is 1. The van der Waals surface area contributed by atoms with E-state index in [2.05, 4.69) is 9.72 Å². The predicted octanol–water partition coefficient (Wildman–Crippen LogP) is 1.43. The summed E-state index contributed by atoms with van der Waals surface area (Å²) >= 11 is 0. The summed E-state index contributed by atoms with van der Waals surface area (Å²) in [6, 6.07) is 5.53. The number of methoxy groups -OCH3 is 1. The highest BCUT2D eigenvalue weighted by Crippen LogP contribution is 2.29. The van der Waals surface area contributed by atoms with Crippen molar-refractivity contribution in [3.63, 3.8) is 0 Å². The number of hydrogen-bond acceptors (Lipinski definition) is 5. The summed E-state index contributed by atoms with van der Waals surface area (Å²) in [5.74, 6) is -0.311. The van der Waals surface area contributed by atoms with Gasteiger partial charge < -0.3 is 14.7 Å². The van der Waals surface area contributed by atoms with Crippen molar-refractivity contribution in [3.05, 3.63) is 40.4 Å². The molecule has 1 aromatic carbocycles. The van der Waals surface area contributed by atoms with Gasteiger partial charge in [-0.3, -0.25) is 14.2 Å². The van der Waals surface area contributed by atoms with Gasteiger partial charge in [-0.2, -0.15) is 0 Å². The van der Waals surface area contributed by atoms with E-state index < -0.39 is 12.1 Å². The second-order valence-corrected chi connectivity index (χ2v) is 6.07. The Kier molecular flexibility index (Phi) is 4.69. The summed E-state index contributed by atoms with van der Waals surface area (Å²) in [5.41, 5.74) is 1.27. The number of ether oxygens (including phenoxy) is 1. The summed E-state index contributed by atoms with van der Waals surface area (Å²) in [4.78, 5) is 40.6. The number of amides is 1. The number of benzene rings is 1. The van der Waals surface area contributed by atoms with Gasteiger partial charge in [0.1, 0.15) is 6.54 Å². The normalized spacial score (nSPS) is 15.3. The molecule has 1 amide bonds. The van der Waals surface area contributed by atoms with Crippen LogP contribution in [0.3, 0.4) is 0 Å². The standard InChI is InChI=1S/C17H19N3O5/c1-25-15(21)9-20-10-18-14-3-2-12(8-13(14)16(20)22)11-4-6-19(7-5-11)17(23)24/h2-3,8,10-11H,4-7,9H2,1H3,(H,23,24). The highest BCUT2D eigenvalue weighted by Gasteiger charge is 2.23. The molecule has 0 spiro atoms. The van der Waals surface area contributed by atoms with Crippen LogP contribution >= 0.6 is 0 Å². The van der Waals surface area contributed by atoms with E-state index in [4.69, 9.17) is 5.11 Å². The molecule has 2 aromatic rings. The van der Waals surface area contributed by atoms with Gasteiger partial charge in [0, 0.05) is 13.1 Å². The first-order valence-electron chi connectivity index (χ1n) is 8.03. The molecule has 0 saturated carbocycles. The molecule has 1 aromatic heterocycles. The van der Waals surface area contributed by atoms with E-state index in [0.29, 0.717) is 36.8 Å². The minimum Gasteiger partial charge on any atom is -0.468 e. The molecule has 0 atom stereocenters. The first-order valence-corrected chi connectivity index (χ1v) is 8.03. The average molecular weight is 345 g/mol. The molecule has 8 heteroatoms. The van der Waals surface area contributed by atoms with Gasteiger partial charge in [-0.25, -0.2) is 9.78 Å². The highest BCUT2D eigenvalue weighted by molar-refractivity contribution is 5.78. The van der Waals surface area contributed by atoms with E-state index in [9.17, 15) is 14.4 Å². The minimum atomic E-state index is -0.896. The summed E-state index contributed by atoms with van der Waals surface area (Å²) in [7, 11) is 1.27. The van der Waals surface area contributed by atoms with Crippen LogP contribution in [0.5, 0.6) is 0 Å². The Morgan fingerprint density at radius 2 is 2.04 bits per heavy atom. The van der Waals surface area contributed by atoms with Crippen molar-refractivity contribution in [2.24, 2.45) is 0 Å². The molecule has 0 radical (unpaired) electrons. The highest BCUT2D eigenvalue weighted by atomic mass is 16.5. The summed E-state index contributed by atoms with van der Waals surface area (Å²) < 4.78 is 5.82. The number of carbonyl (C=O) groups is 2. The lowest BCUT2D eigenvalue weighted by atomic mass is 9.89. The van der Waals surface area contributed by atoms with Crippen molar-refractivity contribution in [2.45, 2.75) is 25.3 Å². The van der Waals surface area contributed by atoms with Gasteiger partial charge in [-0.15, -0.1) is 0 Å². The zero-order valence-corrected chi connectivity index (χ0v) is 13.8. The number of nitrogens with zero attached hydrogens (tertiary/aromatic N) is 3. The number of rotatable bonds is 3. The van der Waals surface area contributed by atoms with E-state index in [0.717, 1.165) is 5.56 Å². The molecular formula is C17H19N3O5. The fourth-order valence-electron chi connectivity index (χ4n) is 3.15. The molecule has 1 fully saturated rings. The SMILES string of the molecule is COC(=O)Cn1cnc2ccc(C3CCN(C(=O)O)CC3)cc2c1=O. The second kappa shape index (κ2) is 6.92. The molecule has 2 heterocycles. The molecule has 1 N–H and O–H groups in total. The Morgan fingerprint density at radius 1 is 1.32 bits per heavy atom. The second-order valence-electron chi connectivity index (χ2n) is 6.07. The number of fused-ring (bicyclic) bond motifs is 1. The van der Waals surface area contributed by atoms with E-state index in [1.165, 1.54) is 22.9 Å². The lowest BCUT2D eigenvalue weighted by molar-refractivity contribution is -0.141. The van der Waals surface area contributed by atoms with E-state index >= 15 is 0 Å². The number of piperidine rings is 1. The van der Waals surface area contributed by atoms with Crippen molar-refractivity contribution in [3.8, 4) is 0 Å². The number of esters is 1. The third kappa shape index (κ3) is 3.47. The van der Waals surface area contributed by atoms with Gasteiger partial charge in [-0.1, -0.05) is 6.07 Å². The van der Waals surface area contributed by atoms with E-state index in [-0.39, 0.29) is 18.0 Å². The van der Waals surface area contributed by atoms with Crippen LogP contribution in [-0.4, -0.2) is 51.8 Å². The zero-order valence-electron chi connectivity index (χ0n) is 13.8. The van der Waals surface area contributed by atoms with Crippen LogP contribution in [0, 0.1) is 0 Å². The quantitative estimate of drug-likeness (QED) is 0.844. The van der Waals surface area contributed by atoms with Crippen LogP contribution in [-0.2, 0) is 16.1 Å². The van der Waals surface area contributed by atoms with Gasteiger partial charge in [-0.05, 0) is 36.5 Å². The van der Waals surface area contributed by atoms with Gasteiger partial charge in [0.25, 0.3) is 5.56 Å². The molecule has 25 heavy (non-hydrogen) atoms. The van der Waals surface area contributed by atoms with Crippen LogP contribution in [0.2, 0.25) is 0 Å². The van der Waals surface area contributed by atoms with Crippen LogP contribution < -0.4 is 5.56 Å². The van der Waals surface area contributed by atoms with E-state index in [1.54, 1.807) is 12.1 Å². The summed E-state index contributed by atoms with van der Waals surface area (Å²) in [6.45, 7) is 0.787. The van der Waals surface area contributed by atoms with Gasteiger partial charge in [0.2, 0.25) is 0 Å². The molecule has 8 nitrogen and oxygen atoms in total. The predicted molar refractivity (Wildman–Crippen MR) is 89.6 cm³/mol. The first-order chi connectivity index (χ1) is 12.0. The van der Waals surface area contributed by atoms with Gasteiger partial charge in [0.05, 0.1) is 24.3 Å². The van der Waals surface area contributed by atoms with Crippen LogP contribution in [0.4, 0.5) is 4.79 Å². The molecule has 132 valence electrons. The Labute approximate surface area is 143 Å². The van der Waals surface area contributed by atoms with E-state index in [1.807, 2.05) is 6.07 Å². The van der Waals surface area contributed by atoms with Crippen molar-refractivity contribution in [1.82, 2.24) is 14.5 Å². The van der Waals surface area contributed by atoms with Crippen molar-refractivity contribution in [2.75, 3.05) is 20.2 Å². The van der Waals surface area contributed by atoms with Crippen molar-refractivity contribution in [1.29, 1.82) is 0 Å². The monoisotopic (exact) mass is 345 g/mol. The number of likely N-dealkylation sites (tertiary alicyclic amines) is 1. The van der Waals surface area contributed by atoms with Crippen LogP contribution in [0.25, 0.3) is 10.9 Å². The molecule has 0 aliphatic carbocycles. The maximum absolute atomic E-state index is 12.6. The Balaban J connectivity index is 1.88. The Morgan fingerprint density at radius 3 is 2.68 bits per heavy atom. The third-order valence-corrected chi connectivity index (χ3v) is 4.61. The fraction of sp³-hybridized carbons (Fsp3) is 0.412. The van der Waals surface area contributed by atoms with Crippen molar-refractivity contribution < 1.29 is 19.4 Å². The third-order valence-electron chi connectivity index (χ3n) is 4.61. The lowest BCUT2D eigenvalue weighted by Crippen LogP contribution is -2.36. The maximum atomic E-state index is 12.6. The van der Waals surface area contributed by atoms with Crippen molar-refractivity contribution >= 4 is 23.0 Å². The zero-order chi connectivity index (χ0) is 18.0. The number of carbonyl (C=O) groups excluding carboxylic acids is 1. The molecule has 3 rings (SSSR count). The molecule has 0 bridgehead atoms. The molecule has 1 aliphatic heterocycles. The topological polar surface area (TPSA) is 102 Å². The smallest absolute Gasteiger partial charge is 0.407 e. The van der Waals surface area contributed by atoms with Gasteiger partial charge >= 0.3 is 12.1 Å². The average Bonchev–Trinajstić information content (AvgIpc) is 2.63. The first kappa shape index (κ1) is 16.9. The Bertz CT molecular complexity index is 868. The van der Waals surface area contributed by atoms with Crippen LogP contribution in [0.15, 0.2) is 29.3 Å². The molecule has 0 unspecified atom stereocenters. The van der Waals surface area contributed by atoms with Gasteiger partial charge in [0.15, 0.2) is 0 Å². The minimum absolute atomic E-state index is 0.181. The maximum Gasteiger partial charge on any atom is 0.407 e. The Hall–Kier alpha value is -2.90. The number of carboxylic acid groups (broad SMARTS) is 1. The molecule has 1 saturated heterocycles. The van der Waals surface area contributed by atoms with Crippen LogP contribution in [0.1, 0.15) is 24.3 Å². The summed E-state index contributed by atoms with van der Waals surface area (Å²) in [6.07, 6.45) is 1.88. The fourth-order valence-corrected chi connectivity index (χ4v) is 3.15. The lowest BCUT2D eigenvalue weighted by Gasteiger charge is -2.30. The number of aromatic nitrogens is 2. The molecular weight excluding hydrogens is 326 g/mol. The largest absolute Gasteiger partial charge is 0.468 e. The molecule has 1 aliphatic rings. The summed E-state index contributed by atoms with van der Waals surface area (Å²) in [5, 5.41) is 9.48.